The molecule has 0 atom stereocenters. The summed E-state index contributed by atoms with van der Waals surface area (Å²) in [5.41, 5.74) is 0. The maximum Gasteiger partial charge on any atom is -0.00514 e. The molecule has 0 aromatic rings. The Morgan fingerprint density at radius 2 is 1.50 bits per heavy atom. The summed E-state index contributed by atoms with van der Waals surface area (Å²) < 4.78 is 0.434. The lowest BCUT2D eigenvalue weighted by Crippen LogP contribution is -2.02. The largest absolute Gasteiger partial charge is 0.215 e. The molecule has 0 heterocycles. The van der Waals surface area contributed by atoms with Crippen LogP contribution in [0.2, 0.25) is 0 Å². The Balaban J connectivity index is 3.17. The SMILES string of the molecule is CC(C)(C)[SH2]S. The van der Waals surface area contributed by atoms with Crippen LogP contribution in [-0.4, -0.2) is 4.75 Å². The van der Waals surface area contributed by atoms with Crippen molar-refractivity contribution in [2.45, 2.75) is 25.5 Å². The fraction of sp³-hybridized carbons (Fsp3) is 1.00. The third-order valence-electron chi connectivity index (χ3n) is 0.335. The number of rotatable bonds is 0. The van der Waals surface area contributed by atoms with Gasteiger partial charge in [-0.05, 0) is 4.75 Å². The Morgan fingerprint density at radius 1 is 1.33 bits per heavy atom. The van der Waals surface area contributed by atoms with Gasteiger partial charge in [-0.25, -0.2) is 10.8 Å². The van der Waals surface area contributed by atoms with Crippen molar-refractivity contribution in [1.82, 2.24) is 0 Å². The average Bonchev–Trinajstić information content (AvgIpc) is 1.35. The third kappa shape index (κ3) is 4.70. The number of hydrogen-bond acceptors (Lipinski definition) is 1. The summed E-state index contributed by atoms with van der Waals surface area (Å²) in [6.07, 6.45) is 0. The van der Waals surface area contributed by atoms with E-state index in [-0.39, 0.29) is 0 Å². The second-order valence-corrected chi connectivity index (χ2v) is 4.76. The fourth-order valence-corrected chi connectivity index (χ4v) is 0. The van der Waals surface area contributed by atoms with Crippen LogP contribution in [0.15, 0.2) is 0 Å². The summed E-state index contributed by atoms with van der Waals surface area (Å²) in [6, 6.07) is 0. The maximum absolute atomic E-state index is 4.13. The van der Waals surface area contributed by atoms with Gasteiger partial charge in [-0.3, -0.25) is 0 Å². The van der Waals surface area contributed by atoms with Crippen LogP contribution >= 0.6 is 22.5 Å². The van der Waals surface area contributed by atoms with Gasteiger partial charge in [0.05, 0.1) is 0 Å². The second-order valence-electron chi connectivity index (χ2n) is 2.36. The zero-order chi connectivity index (χ0) is 5.21. The lowest BCUT2D eigenvalue weighted by atomic mass is 10.3. The molecule has 0 nitrogen and oxygen atoms in total. The van der Waals surface area contributed by atoms with Gasteiger partial charge in [0.25, 0.3) is 0 Å². The normalized spacial score (nSPS) is 15.3. The van der Waals surface area contributed by atoms with E-state index in [0.29, 0.717) is 4.75 Å². The lowest BCUT2D eigenvalue weighted by molar-refractivity contribution is 0.810. The van der Waals surface area contributed by atoms with E-state index in [1.165, 1.54) is 0 Å². The number of thiol groups is 1. The Labute approximate surface area is 48.5 Å². The molecule has 0 radical (unpaired) electrons. The lowest BCUT2D eigenvalue weighted by Gasteiger charge is -2.14. The highest BCUT2D eigenvalue weighted by Crippen LogP contribution is 2.25. The van der Waals surface area contributed by atoms with Gasteiger partial charge in [-0.15, -0.1) is 11.7 Å². The average molecular weight is 124 g/mol. The standard InChI is InChI=1S/C4H12S2/c1-4(2,3)6-5/h5H,6H2,1-3H3. The van der Waals surface area contributed by atoms with Gasteiger partial charge in [0, 0.05) is 0 Å². The van der Waals surface area contributed by atoms with Gasteiger partial charge in [0.2, 0.25) is 0 Å². The minimum atomic E-state index is 0.434. The molecule has 0 bridgehead atoms. The first kappa shape index (κ1) is 6.70. The molecule has 0 aliphatic carbocycles. The van der Waals surface area contributed by atoms with Gasteiger partial charge in [-0.1, -0.05) is 20.8 Å². The van der Waals surface area contributed by atoms with Gasteiger partial charge in [-0.2, -0.15) is 0 Å². The van der Waals surface area contributed by atoms with Crippen LogP contribution in [0.25, 0.3) is 0 Å². The van der Waals surface area contributed by atoms with Crippen LogP contribution in [0.1, 0.15) is 20.8 Å². The van der Waals surface area contributed by atoms with Gasteiger partial charge >= 0.3 is 0 Å². The minimum Gasteiger partial charge on any atom is -0.215 e. The Bertz CT molecular complexity index is 35.3. The molecule has 0 N–H and O–H groups in total. The molecule has 0 saturated carbocycles. The summed E-state index contributed by atoms with van der Waals surface area (Å²) in [7, 11) is 0.762. The Kier molecular flexibility index (Phi) is 2.37. The van der Waals surface area contributed by atoms with Crippen molar-refractivity contribution in [2.24, 2.45) is 0 Å². The van der Waals surface area contributed by atoms with Gasteiger partial charge in [0.1, 0.15) is 0 Å². The van der Waals surface area contributed by atoms with Crippen LogP contribution < -0.4 is 0 Å². The van der Waals surface area contributed by atoms with Gasteiger partial charge in [0.15, 0.2) is 0 Å². The van der Waals surface area contributed by atoms with E-state index in [1.807, 2.05) is 0 Å². The molecule has 6 heavy (non-hydrogen) atoms. The highest BCUT2D eigenvalue weighted by Gasteiger charge is 2.02. The summed E-state index contributed by atoms with van der Waals surface area (Å²) in [5.74, 6) is 0. The summed E-state index contributed by atoms with van der Waals surface area (Å²) in [5, 5.41) is 0. The number of hydrogen-bond donors (Lipinski definition) is 1. The molecule has 0 saturated heterocycles. The molecule has 40 valence electrons. The van der Waals surface area contributed by atoms with E-state index in [4.69, 9.17) is 0 Å². The topological polar surface area (TPSA) is 0 Å². The molecule has 0 aliphatic heterocycles. The van der Waals surface area contributed by atoms with Crippen molar-refractivity contribution in [1.29, 1.82) is 0 Å². The first-order valence-corrected chi connectivity index (χ1v) is 4.26. The molecule has 2 heteroatoms. The fourth-order valence-electron chi connectivity index (χ4n) is 0. The molecular weight excluding hydrogens is 112 g/mol. The van der Waals surface area contributed by atoms with E-state index < -0.39 is 0 Å². The molecule has 0 rings (SSSR count). The van der Waals surface area contributed by atoms with E-state index in [2.05, 4.69) is 32.4 Å². The Morgan fingerprint density at radius 3 is 1.50 bits per heavy atom. The molecule has 0 aromatic heterocycles. The van der Waals surface area contributed by atoms with Crippen LogP contribution in [0.4, 0.5) is 0 Å². The smallest absolute Gasteiger partial charge is 0.00514 e. The van der Waals surface area contributed by atoms with Crippen molar-refractivity contribution >= 4 is 22.5 Å². The monoisotopic (exact) mass is 124 g/mol. The quantitative estimate of drug-likeness (QED) is 0.369. The van der Waals surface area contributed by atoms with Gasteiger partial charge < -0.3 is 0 Å². The molecule has 0 aromatic carbocycles. The second kappa shape index (κ2) is 2.12. The highest BCUT2D eigenvalue weighted by atomic mass is 33.1. The van der Waals surface area contributed by atoms with Crippen LogP contribution in [-0.2, 0) is 0 Å². The highest BCUT2D eigenvalue weighted by molar-refractivity contribution is 8.69. The zero-order valence-electron chi connectivity index (χ0n) is 4.45. The van der Waals surface area contributed by atoms with E-state index in [9.17, 15) is 0 Å². The maximum atomic E-state index is 4.13. The van der Waals surface area contributed by atoms with E-state index in [1.54, 1.807) is 0 Å². The molecule has 0 fully saturated rings. The van der Waals surface area contributed by atoms with Crippen molar-refractivity contribution in [3.05, 3.63) is 0 Å². The minimum absolute atomic E-state index is 0.434. The predicted molar refractivity (Wildman–Crippen MR) is 39.1 cm³/mol. The summed E-state index contributed by atoms with van der Waals surface area (Å²) in [6.45, 7) is 6.54. The van der Waals surface area contributed by atoms with Crippen LogP contribution in [0.3, 0.4) is 0 Å². The van der Waals surface area contributed by atoms with Crippen molar-refractivity contribution in [3.63, 3.8) is 0 Å². The van der Waals surface area contributed by atoms with Crippen LogP contribution in [0, 0.1) is 0 Å². The predicted octanol–water partition coefficient (Wildman–Crippen LogP) is 1.83. The van der Waals surface area contributed by atoms with E-state index >= 15 is 0 Å². The first-order chi connectivity index (χ1) is 2.56. The van der Waals surface area contributed by atoms with Crippen LogP contribution in [0.5, 0.6) is 0 Å². The molecule has 0 amide bonds. The molecule has 0 unspecified atom stereocenters. The van der Waals surface area contributed by atoms with Crippen molar-refractivity contribution in [3.8, 4) is 0 Å². The zero-order valence-corrected chi connectivity index (χ0v) is 6.34. The first-order valence-electron chi connectivity index (χ1n) is 1.97. The van der Waals surface area contributed by atoms with Crippen molar-refractivity contribution in [2.75, 3.05) is 0 Å². The molecule has 0 aliphatic rings. The molecule has 0 spiro atoms. The summed E-state index contributed by atoms with van der Waals surface area (Å²) in [4.78, 5) is 0. The molecular formula is C4H12S2. The third-order valence-corrected chi connectivity index (χ3v) is 3.02. The van der Waals surface area contributed by atoms with E-state index in [0.717, 1.165) is 10.8 Å². The van der Waals surface area contributed by atoms with Crippen molar-refractivity contribution < 1.29 is 0 Å². The summed E-state index contributed by atoms with van der Waals surface area (Å²) >= 11 is 4.13. The Hall–Kier alpha value is 0.700.